The minimum Gasteiger partial charge on any atom is -0.212 e. The van der Waals surface area contributed by atoms with Gasteiger partial charge in [0.1, 0.15) is 5.82 Å². The fraction of sp³-hybridized carbons (Fsp3) is 0.250. The highest BCUT2D eigenvalue weighted by molar-refractivity contribution is 5.61. The van der Waals surface area contributed by atoms with Crippen molar-refractivity contribution in [3.05, 3.63) is 65.8 Å². The van der Waals surface area contributed by atoms with Crippen molar-refractivity contribution in [2.24, 2.45) is 0 Å². The Hall–Kier alpha value is -2.55. The van der Waals surface area contributed by atoms with Gasteiger partial charge in [-0.2, -0.15) is 0 Å². The molecule has 0 unspecified atom stereocenters. The summed E-state index contributed by atoms with van der Waals surface area (Å²) in [7, 11) is 0. The molecule has 3 rings (SSSR count). The number of aromatic nitrogens is 3. The van der Waals surface area contributed by atoms with Crippen molar-refractivity contribution in [1.29, 1.82) is 0 Å². The Bertz CT molecular complexity index is 1120. The van der Waals surface area contributed by atoms with E-state index in [0.717, 1.165) is 0 Å². The molecule has 1 aromatic heterocycles. The number of rotatable bonds is 2. The lowest BCUT2D eigenvalue weighted by Crippen LogP contribution is -2.18. The Morgan fingerprint density at radius 2 is 1.26 bits per heavy atom. The monoisotopic (exact) mass is 312 g/mol. The van der Waals surface area contributed by atoms with Crippen LogP contribution in [0.2, 0.25) is 0 Å². The molecule has 0 aliphatic rings. The molecule has 0 radical (unpaired) electrons. The molecule has 3 heteroatoms. The van der Waals surface area contributed by atoms with E-state index in [1.54, 1.807) is 0 Å². The van der Waals surface area contributed by atoms with Gasteiger partial charge in [0.2, 0.25) is 0 Å². The van der Waals surface area contributed by atoms with E-state index in [1.165, 1.54) is 6.92 Å². The van der Waals surface area contributed by atoms with E-state index in [9.17, 15) is 0 Å². The maximum Gasteiger partial charge on any atom is 0.163 e. The lowest BCUT2D eigenvalue weighted by atomic mass is 9.95. The Morgan fingerprint density at radius 1 is 0.739 bits per heavy atom. The third-order valence-electron chi connectivity index (χ3n) is 3.00. The minimum absolute atomic E-state index is 0.146. The van der Waals surface area contributed by atoms with Crippen LogP contribution in [-0.4, -0.2) is 15.0 Å². The molecule has 0 saturated carbocycles. The summed E-state index contributed by atoms with van der Waals surface area (Å²) < 4.78 is 73.1. The highest BCUT2D eigenvalue weighted by atomic mass is 15.0. The zero-order chi connectivity index (χ0) is 24.3. The van der Waals surface area contributed by atoms with Crippen molar-refractivity contribution in [3.8, 4) is 22.8 Å². The molecule has 0 spiro atoms. The quantitative estimate of drug-likeness (QED) is 0.681. The van der Waals surface area contributed by atoms with Gasteiger partial charge in [-0.1, -0.05) is 80.7 Å². The van der Waals surface area contributed by atoms with Crippen LogP contribution in [0.25, 0.3) is 22.8 Å². The molecular weight excluding hydrogens is 282 g/mol. The van der Waals surface area contributed by atoms with Crippen LogP contribution in [0.15, 0.2) is 54.4 Å². The van der Waals surface area contributed by atoms with Crippen molar-refractivity contribution in [2.45, 2.75) is 33.1 Å². The molecular formula is C20H21N3. The van der Waals surface area contributed by atoms with Crippen LogP contribution in [0.4, 0.5) is 0 Å². The summed E-state index contributed by atoms with van der Waals surface area (Å²) in [4.78, 5) is 13.0. The highest BCUT2D eigenvalue weighted by Crippen LogP contribution is 2.25. The second-order valence-corrected chi connectivity index (χ2v) is 6.06. The SMILES string of the molecule is [2H]c1c([2H])c([2H])c(-c2nc(-c3c([2H])c([2H])c(C)c([2H])c3[2H])nc(C(C)(C)C)n2)c([2H])c1[2H]. The normalized spacial score (nSPS) is 17.0. The smallest absolute Gasteiger partial charge is 0.163 e. The fourth-order valence-corrected chi connectivity index (χ4v) is 1.78. The number of nitrogens with zero attached hydrogens (tertiary/aromatic N) is 3. The number of hydrogen-bond donors (Lipinski definition) is 0. The molecule has 0 saturated heterocycles. The zero-order valence-electron chi connectivity index (χ0n) is 22.3. The minimum atomic E-state index is -0.650. The van der Waals surface area contributed by atoms with Crippen LogP contribution >= 0.6 is 0 Å². The summed E-state index contributed by atoms with van der Waals surface area (Å²) in [6.07, 6.45) is 0. The van der Waals surface area contributed by atoms with Gasteiger partial charge in [0.05, 0.1) is 12.3 Å². The number of benzene rings is 2. The molecule has 23 heavy (non-hydrogen) atoms. The Morgan fingerprint density at radius 3 is 1.78 bits per heavy atom. The van der Waals surface area contributed by atoms with Gasteiger partial charge in [-0.15, -0.1) is 0 Å². The first-order chi connectivity index (χ1) is 14.7. The Balaban J connectivity index is 2.47. The van der Waals surface area contributed by atoms with Crippen molar-refractivity contribution in [3.63, 3.8) is 0 Å². The summed E-state index contributed by atoms with van der Waals surface area (Å²) in [5.74, 6) is -0.153. The first-order valence-corrected chi connectivity index (χ1v) is 7.09. The molecule has 0 aliphatic heterocycles. The zero-order valence-corrected chi connectivity index (χ0v) is 13.3. The van der Waals surface area contributed by atoms with Crippen LogP contribution in [0.5, 0.6) is 0 Å². The highest BCUT2D eigenvalue weighted by Gasteiger charge is 2.20. The summed E-state index contributed by atoms with van der Waals surface area (Å²) in [5, 5.41) is 0. The Kier molecular flexibility index (Phi) is 2.01. The second kappa shape index (κ2) is 5.92. The first-order valence-electron chi connectivity index (χ1n) is 11.6. The molecule has 1 heterocycles. The van der Waals surface area contributed by atoms with Gasteiger partial charge in [0.15, 0.2) is 11.6 Å². The second-order valence-electron chi connectivity index (χ2n) is 6.06. The fourth-order valence-electron chi connectivity index (χ4n) is 1.78. The average molecular weight is 312 g/mol. The predicted octanol–water partition coefficient (Wildman–Crippen LogP) is 4.81. The maximum atomic E-state index is 8.34. The molecule has 0 aliphatic carbocycles. The topological polar surface area (TPSA) is 38.7 Å². The van der Waals surface area contributed by atoms with Gasteiger partial charge in [-0.3, -0.25) is 0 Å². The van der Waals surface area contributed by atoms with Crippen molar-refractivity contribution in [1.82, 2.24) is 15.0 Å². The van der Waals surface area contributed by atoms with E-state index in [0.29, 0.717) is 0 Å². The first kappa shape index (κ1) is 7.82. The summed E-state index contributed by atoms with van der Waals surface area (Å²) in [6, 6.07) is -3.74. The summed E-state index contributed by atoms with van der Waals surface area (Å²) in [6.45, 7) is 6.91. The van der Waals surface area contributed by atoms with Gasteiger partial charge in [0.25, 0.3) is 0 Å². The standard InChI is InChI=1S/C20H21N3/c1-14-10-12-16(13-11-14)18-21-17(15-8-6-5-7-9-15)22-19(23-18)20(2,3)4/h5-13H,1-4H3/i5D,6D,7D,8D,9D,10D,11D,12D,13D. The molecule has 0 atom stereocenters. The largest absolute Gasteiger partial charge is 0.212 e. The van der Waals surface area contributed by atoms with E-state index in [-0.39, 0.29) is 58.3 Å². The van der Waals surface area contributed by atoms with Crippen LogP contribution in [0, 0.1) is 6.92 Å². The van der Waals surface area contributed by atoms with Gasteiger partial charge >= 0.3 is 0 Å². The van der Waals surface area contributed by atoms with Crippen LogP contribution in [-0.2, 0) is 5.41 Å². The Labute approximate surface area is 150 Å². The van der Waals surface area contributed by atoms with Crippen LogP contribution in [0.1, 0.15) is 44.5 Å². The third-order valence-corrected chi connectivity index (χ3v) is 3.00. The van der Waals surface area contributed by atoms with E-state index < -0.39 is 35.6 Å². The lowest BCUT2D eigenvalue weighted by molar-refractivity contribution is 0.543. The van der Waals surface area contributed by atoms with Gasteiger partial charge in [0, 0.05) is 16.5 Å². The molecule has 0 N–H and O–H groups in total. The third kappa shape index (κ3) is 3.45. The van der Waals surface area contributed by atoms with E-state index in [1.807, 2.05) is 20.8 Å². The van der Waals surface area contributed by atoms with Crippen molar-refractivity contribution in [2.75, 3.05) is 0 Å². The van der Waals surface area contributed by atoms with Crippen molar-refractivity contribution < 1.29 is 12.3 Å². The summed E-state index contributed by atoms with van der Waals surface area (Å²) in [5.41, 5.74) is -0.845. The van der Waals surface area contributed by atoms with Gasteiger partial charge in [-0.05, 0) is 6.92 Å². The van der Waals surface area contributed by atoms with Gasteiger partial charge < -0.3 is 0 Å². The molecule has 3 nitrogen and oxygen atoms in total. The van der Waals surface area contributed by atoms with Crippen LogP contribution in [0.3, 0.4) is 0 Å². The molecule has 116 valence electrons. The molecule has 0 bridgehead atoms. The lowest BCUT2D eigenvalue weighted by Gasteiger charge is -2.18. The molecule has 0 amide bonds. The van der Waals surface area contributed by atoms with Crippen LogP contribution < -0.4 is 0 Å². The van der Waals surface area contributed by atoms with Crippen molar-refractivity contribution >= 4 is 0 Å². The molecule has 3 aromatic rings. The number of hydrogen-bond acceptors (Lipinski definition) is 3. The summed E-state index contributed by atoms with van der Waals surface area (Å²) >= 11 is 0. The molecule has 2 aromatic carbocycles. The van der Waals surface area contributed by atoms with Gasteiger partial charge in [-0.25, -0.2) is 15.0 Å². The molecule has 0 fully saturated rings. The predicted molar refractivity (Wildman–Crippen MR) is 94.1 cm³/mol. The van der Waals surface area contributed by atoms with E-state index >= 15 is 0 Å². The maximum absolute atomic E-state index is 8.34. The average Bonchev–Trinajstić information content (AvgIpc) is 2.73. The van der Waals surface area contributed by atoms with E-state index in [4.69, 9.17) is 12.3 Å². The van der Waals surface area contributed by atoms with E-state index in [2.05, 4.69) is 15.0 Å².